The molecule has 3 aliphatic rings. The Kier molecular flexibility index (Phi) is 5.28. The molecule has 29 heavy (non-hydrogen) atoms. The van der Waals surface area contributed by atoms with E-state index >= 15 is 0 Å². The third kappa shape index (κ3) is 3.40. The van der Waals surface area contributed by atoms with Gasteiger partial charge >= 0.3 is 11.9 Å². The van der Waals surface area contributed by atoms with Crippen molar-refractivity contribution in [3.05, 3.63) is 23.7 Å². The summed E-state index contributed by atoms with van der Waals surface area (Å²) in [6.45, 7) is 8.39. The second-order valence-corrected chi connectivity index (χ2v) is 9.97. The van der Waals surface area contributed by atoms with E-state index in [9.17, 15) is 9.59 Å². The molecule has 1 aromatic rings. The van der Waals surface area contributed by atoms with Crippen LogP contribution in [0.15, 0.2) is 16.7 Å². The predicted molar refractivity (Wildman–Crippen MR) is 108 cm³/mol. The zero-order valence-corrected chi connectivity index (χ0v) is 18.2. The van der Waals surface area contributed by atoms with E-state index in [2.05, 4.69) is 19.9 Å². The Morgan fingerprint density at radius 3 is 2.48 bits per heavy atom. The molecule has 0 bridgehead atoms. The molecule has 5 atom stereocenters. The smallest absolute Gasteiger partial charge is 0.302 e. The SMILES string of the molecule is CC(=O)OCC1(COC(C)=O)CCC[C@]2(C)[C@H]3Cc4occc4[C@H](C)[C@@H]3CC[C@@H]12. The first kappa shape index (κ1) is 20.5. The molecule has 0 spiro atoms. The van der Waals surface area contributed by atoms with Gasteiger partial charge in [-0.15, -0.1) is 0 Å². The lowest BCUT2D eigenvalue weighted by atomic mass is 9.43. The average molecular weight is 403 g/mol. The standard InChI is InChI=1S/C24H34O5/c1-15-18-6-7-22-23(4,20(18)12-21-19(15)8-11-27-21)9-5-10-24(22,13-28-16(2)25)14-29-17(3)26/h8,11,15,18,20,22H,5-7,9-10,12-14H2,1-4H3/t15-,18+,20+,22-,23-/m1/s1. The molecule has 0 aromatic carbocycles. The number of carbonyl (C=O) groups is 2. The molecule has 3 aliphatic carbocycles. The number of rotatable bonds is 4. The number of fused-ring (bicyclic) bond motifs is 4. The molecular formula is C24H34O5. The lowest BCUT2D eigenvalue weighted by Crippen LogP contribution is -2.58. The molecule has 1 aromatic heterocycles. The maximum atomic E-state index is 11.6. The monoisotopic (exact) mass is 402 g/mol. The first-order chi connectivity index (χ1) is 13.8. The van der Waals surface area contributed by atoms with Crippen LogP contribution in [0.3, 0.4) is 0 Å². The van der Waals surface area contributed by atoms with Crippen molar-refractivity contribution < 1.29 is 23.5 Å². The molecule has 0 saturated heterocycles. The summed E-state index contributed by atoms with van der Waals surface area (Å²) in [4.78, 5) is 23.3. The minimum Gasteiger partial charge on any atom is -0.469 e. The van der Waals surface area contributed by atoms with Crippen LogP contribution in [0.2, 0.25) is 0 Å². The molecule has 2 fully saturated rings. The molecule has 5 nitrogen and oxygen atoms in total. The van der Waals surface area contributed by atoms with E-state index in [1.807, 2.05) is 6.26 Å². The van der Waals surface area contributed by atoms with Crippen molar-refractivity contribution in [3.8, 4) is 0 Å². The normalized spacial score (nSPS) is 35.0. The molecule has 2 saturated carbocycles. The van der Waals surface area contributed by atoms with Gasteiger partial charge in [-0.3, -0.25) is 9.59 Å². The van der Waals surface area contributed by atoms with Crippen molar-refractivity contribution in [3.63, 3.8) is 0 Å². The van der Waals surface area contributed by atoms with E-state index < -0.39 is 0 Å². The van der Waals surface area contributed by atoms with Crippen molar-refractivity contribution in [2.45, 2.75) is 72.1 Å². The highest BCUT2D eigenvalue weighted by Crippen LogP contribution is 2.65. The third-order valence-corrected chi connectivity index (χ3v) is 8.52. The van der Waals surface area contributed by atoms with Gasteiger partial charge in [0, 0.05) is 25.7 Å². The lowest BCUT2D eigenvalue weighted by molar-refractivity contribution is -0.179. The molecule has 5 heteroatoms. The fourth-order valence-corrected chi connectivity index (χ4v) is 7.21. The minimum atomic E-state index is -0.290. The number of hydrogen-bond donors (Lipinski definition) is 0. The van der Waals surface area contributed by atoms with E-state index in [-0.39, 0.29) is 22.8 Å². The maximum absolute atomic E-state index is 11.6. The highest BCUT2D eigenvalue weighted by atomic mass is 16.5. The molecule has 1 heterocycles. The van der Waals surface area contributed by atoms with Crippen LogP contribution in [0.5, 0.6) is 0 Å². The molecule has 0 N–H and O–H groups in total. The summed E-state index contributed by atoms with van der Waals surface area (Å²) in [5, 5.41) is 0. The van der Waals surface area contributed by atoms with Crippen LogP contribution in [0.25, 0.3) is 0 Å². The maximum Gasteiger partial charge on any atom is 0.302 e. The number of carbonyl (C=O) groups excluding carboxylic acids is 2. The summed E-state index contributed by atoms with van der Waals surface area (Å²) in [5.41, 5.74) is 1.22. The van der Waals surface area contributed by atoms with Crippen LogP contribution < -0.4 is 0 Å². The fraction of sp³-hybridized carbons (Fsp3) is 0.750. The Morgan fingerprint density at radius 2 is 1.83 bits per heavy atom. The van der Waals surface area contributed by atoms with E-state index in [1.165, 1.54) is 32.3 Å². The van der Waals surface area contributed by atoms with Crippen molar-refractivity contribution in [1.29, 1.82) is 0 Å². The topological polar surface area (TPSA) is 65.7 Å². The largest absolute Gasteiger partial charge is 0.469 e. The molecular weight excluding hydrogens is 368 g/mol. The van der Waals surface area contributed by atoms with Crippen LogP contribution in [0.1, 0.15) is 77.0 Å². The van der Waals surface area contributed by atoms with Crippen molar-refractivity contribution in [2.24, 2.45) is 28.6 Å². The summed E-state index contributed by atoms with van der Waals surface area (Å²) < 4.78 is 17.0. The van der Waals surface area contributed by atoms with Crippen LogP contribution >= 0.6 is 0 Å². The lowest BCUT2D eigenvalue weighted by Gasteiger charge is -2.62. The van der Waals surface area contributed by atoms with Gasteiger partial charge in [-0.05, 0) is 66.4 Å². The van der Waals surface area contributed by atoms with E-state index in [0.717, 1.165) is 31.4 Å². The molecule has 0 aliphatic heterocycles. The first-order valence-corrected chi connectivity index (χ1v) is 11.1. The second-order valence-electron chi connectivity index (χ2n) is 9.97. The van der Waals surface area contributed by atoms with E-state index in [4.69, 9.17) is 13.9 Å². The Bertz CT molecular complexity index is 762. The Balaban J connectivity index is 1.68. The van der Waals surface area contributed by atoms with Gasteiger partial charge in [0.1, 0.15) is 19.0 Å². The predicted octanol–water partition coefficient (Wildman–Crippen LogP) is 4.88. The van der Waals surface area contributed by atoms with Gasteiger partial charge in [0.15, 0.2) is 0 Å². The number of ether oxygens (including phenoxy) is 2. The van der Waals surface area contributed by atoms with Gasteiger partial charge < -0.3 is 13.9 Å². The summed E-state index contributed by atoms with van der Waals surface area (Å²) in [6, 6.07) is 2.15. The van der Waals surface area contributed by atoms with Gasteiger partial charge in [-0.2, -0.15) is 0 Å². The van der Waals surface area contributed by atoms with Gasteiger partial charge in [0.25, 0.3) is 0 Å². The van der Waals surface area contributed by atoms with Gasteiger partial charge in [-0.25, -0.2) is 0 Å². The summed E-state index contributed by atoms with van der Waals surface area (Å²) in [6.07, 6.45) is 8.26. The quantitative estimate of drug-likeness (QED) is 0.671. The van der Waals surface area contributed by atoms with Crippen molar-refractivity contribution >= 4 is 11.9 Å². The Hall–Kier alpha value is -1.78. The second kappa shape index (κ2) is 7.48. The van der Waals surface area contributed by atoms with Crippen LogP contribution in [0, 0.1) is 28.6 Å². The highest BCUT2D eigenvalue weighted by molar-refractivity contribution is 5.66. The Labute approximate surface area is 173 Å². The number of furan rings is 1. The summed E-state index contributed by atoms with van der Waals surface area (Å²) >= 11 is 0. The minimum absolute atomic E-state index is 0.125. The zero-order chi connectivity index (χ0) is 20.8. The van der Waals surface area contributed by atoms with Gasteiger partial charge in [0.05, 0.1) is 6.26 Å². The summed E-state index contributed by atoms with van der Waals surface area (Å²) in [5.74, 6) is 2.70. The van der Waals surface area contributed by atoms with Crippen LogP contribution in [-0.4, -0.2) is 25.2 Å². The Morgan fingerprint density at radius 1 is 1.14 bits per heavy atom. The molecule has 0 amide bonds. The molecule has 0 unspecified atom stereocenters. The average Bonchev–Trinajstić information content (AvgIpc) is 3.14. The van der Waals surface area contributed by atoms with Crippen molar-refractivity contribution in [2.75, 3.05) is 13.2 Å². The third-order valence-electron chi connectivity index (χ3n) is 8.52. The van der Waals surface area contributed by atoms with E-state index in [0.29, 0.717) is 36.9 Å². The van der Waals surface area contributed by atoms with Gasteiger partial charge in [0.2, 0.25) is 0 Å². The van der Waals surface area contributed by atoms with Gasteiger partial charge in [-0.1, -0.05) is 20.3 Å². The highest BCUT2D eigenvalue weighted by Gasteiger charge is 2.60. The fourth-order valence-electron chi connectivity index (χ4n) is 7.21. The summed E-state index contributed by atoms with van der Waals surface area (Å²) in [7, 11) is 0. The van der Waals surface area contributed by atoms with E-state index in [1.54, 1.807) is 0 Å². The molecule has 4 rings (SSSR count). The van der Waals surface area contributed by atoms with Crippen LogP contribution in [0.4, 0.5) is 0 Å². The zero-order valence-electron chi connectivity index (χ0n) is 18.2. The number of esters is 2. The molecule has 160 valence electrons. The molecule has 0 radical (unpaired) electrons. The van der Waals surface area contributed by atoms with Crippen molar-refractivity contribution in [1.82, 2.24) is 0 Å². The number of hydrogen-bond acceptors (Lipinski definition) is 5. The first-order valence-electron chi connectivity index (χ1n) is 11.1. The van der Waals surface area contributed by atoms with Crippen LogP contribution in [-0.2, 0) is 25.5 Å².